The molecule has 18 heavy (non-hydrogen) atoms. The van der Waals surface area contributed by atoms with Crippen LogP contribution >= 0.6 is 0 Å². The van der Waals surface area contributed by atoms with Crippen LogP contribution in [0, 0.1) is 5.92 Å². The molecule has 0 saturated heterocycles. The molecule has 1 atom stereocenters. The fourth-order valence-corrected chi connectivity index (χ4v) is 2.01. The highest BCUT2D eigenvalue weighted by Crippen LogP contribution is 2.11. The molecule has 1 rings (SSSR count). The summed E-state index contributed by atoms with van der Waals surface area (Å²) in [5, 5.41) is 11.6. The quantitative estimate of drug-likeness (QED) is 0.664. The summed E-state index contributed by atoms with van der Waals surface area (Å²) in [5.74, 6) is 0.782. The molecule has 0 aliphatic carbocycles. The summed E-state index contributed by atoms with van der Waals surface area (Å²) < 4.78 is 1.80. The van der Waals surface area contributed by atoms with Crippen molar-refractivity contribution in [3.8, 4) is 0 Å². The number of unbranched alkanes of at least 4 members (excludes halogenated alkanes) is 1. The Labute approximate surface area is 110 Å². The fraction of sp³-hybridized carbons (Fsp3) is 0.846. The molecule has 1 heterocycles. The van der Waals surface area contributed by atoms with Crippen LogP contribution in [0.5, 0.6) is 0 Å². The average molecular weight is 253 g/mol. The lowest BCUT2D eigenvalue weighted by Crippen LogP contribution is -2.22. The van der Waals surface area contributed by atoms with Crippen molar-refractivity contribution in [3.05, 3.63) is 11.9 Å². The molecule has 0 saturated carbocycles. The van der Waals surface area contributed by atoms with Gasteiger partial charge in [0.15, 0.2) is 0 Å². The summed E-state index contributed by atoms with van der Waals surface area (Å²) in [6, 6.07) is 0. The minimum Gasteiger partial charge on any atom is -0.329 e. The van der Waals surface area contributed by atoms with E-state index in [9.17, 15) is 0 Å². The first kappa shape index (κ1) is 15.1. The third-order valence-electron chi connectivity index (χ3n) is 3.23. The lowest BCUT2D eigenvalue weighted by atomic mass is 9.99. The minimum absolute atomic E-state index is 0.602. The average Bonchev–Trinajstić information content (AvgIpc) is 2.82. The third-order valence-corrected chi connectivity index (χ3v) is 3.23. The zero-order chi connectivity index (χ0) is 13.2. The van der Waals surface area contributed by atoms with E-state index in [1.54, 1.807) is 4.68 Å². The van der Waals surface area contributed by atoms with Crippen molar-refractivity contribution in [2.45, 2.75) is 52.6 Å². The molecule has 3 N–H and O–H groups in total. The minimum atomic E-state index is 0.602. The van der Waals surface area contributed by atoms with Gasteiger partial charge in [0.05, 0.1) is 12.2 Å². The number of nitrogens with one attached hydrogen (secondary N) is 1. The molecule has 0 radical (unpaired) electrons. The molecule has 0 aliphatic rings. The van der Waals surface area contributed by atoms with E-state index in [0.29, 0.717) is 6.54 Å². The highest BCUT2D eigenvalue weighted by Gasteiger charge is 2.06. The van der Waals surface area contributed by atoms with Gasteiger partial charge in [0.1, 0.15) is 0 Å². The summed E-state index contributed by atoms with van der Waals surface area (Å²) in [4.78, 5) is 0. The molecule has 104 valence electrons. The Morgan fingerprint density at radius 1 is 1.44 bits per heavy atom. The summed E-state index contributed by atoms with van der Waals surface area (Å²) in [6.07, 6.45) is 7.14. The van der Waals surface area contributed by atoms with Gasteiger partial charge in [-0.1, -0.05) is 38.3 Å². The smallest absolute Gasteiger partial charge is 0.0964 e. The molecule has 1 aromatic heterocycles. The number of nitrogens with zero attached hydrogens (tertiary/aromatic N) is 3. The van der Waals surface area contributed by atoms with Crippen molar-refractivity contribution in [2.24, 2.45) is 11.7 Å². The van der Waals surface area contributed by atoms with Gasteiger partial charge in [-0.25, -0.2) is 0 Å². The lowest BCUT2D eigenvalue weighted by Gasteiger charge is -2.14. The van der Waals surface area contributed by atoms with Crippen LogP contribution in [0.15, 0.2) is 6.20 Å². The van der Waals surface area contributed by atoms with Gasteiger partial charge in [0.2, 0.25) is 0 Å². The third kappa shape index (κ3) is 5.60. The summed E-state index contributed by atoms with van der Waals surface area (Å²) in [6.45, 7) is 7.72. The van der Waals surface area contributed by atoms with Crippen molar-refractivity contribution < 1.29 is 0 Å². The van der Waals surface area contributed by atoms with E-state index >= 15 is 0 Å². The Hall–Kier alpha value is -0.940. The molecule has 0 amide bonds. The van der Waals surface area contributed by atoms with E-state index in [0.717, 1.165) is 31.2 Å². The van der Waals surface area contributed by atoms with E-state index < -0.39 is 0 Å². The normalized spacial score (nSPS) is 12.8. The monoisotopic (exact) mass is 253 g/mol. The maximum Gasteiger partial charge on any atom is 0.0964 e. The van der Waals surface area contributed by atoms with Crippen LogP contribution < -0.4 is 11.1 Å². The van der Waals surface area contributed by atoms with Gasteiger partial charge >= 0.3 is 0 Å². The summed E-state index contributed by atoms with van der Waals surface area (Å²) in [7, 11) is 0. The second-order valence-corrected chi connectivity index (χ2v) is 4.81. The second-order valence-electron chi connectivity index (χ2n) is 4.81. The van der Waals surface area contributed by atoms with E-state index in [2.05, 4.69) is 29.5 Å². The molecule has 0 aromatic carbocycles. The molecule has 5 heteroatoms. The maximum absolute atomic E-state index is 5.47. The highest BCUT2D eigenvalue weighted by atomic mass is 15.4. The Morgan fingerprint density at radius 3 is 2.94 bits per heavy atom. The lowest BCUT2D eigenvalue weighted by molar-refractivity contribution is 0.418. The van der Waals surface area contributed by atoms with E-state index in [1.165, 1.54) is 25.7 Å². The standard InChI is InChI=1S/C13H27N5/c1-3-5-6-12(4-2)9-15-10-13-11-18(8-7-14)17-16-13/h11-12,15H,3-10,14H2,1-2H3. The Morgan fingerprint density at radius 2 is 2.28 bits per heavy atom. The second kappa shape index (κ2) is 9.05. The molecular weight excluding hydrogens is 226 g/mol. The van der Waals surface area contributed by atoms with Crippen molar-refractivity contribution in [1.82, 2.24) is 20.3 Å². The zero-order valence-electron chi connectivity index (χ0n) is 11.7. The Balaban J connectivity index is 2.22. The molecule has 1 unspecified atom stereocenters. The SMILES string of the molecule is CCCCC(CC)CNCc1cn(CCN)nn1. The number of hydrogen-bond donors (Lipinski definition) is 2. The summed E-state index contributed by atoms with van der Waals surface area (Å²) in [5.41, 5.74) is 6.46. The first-order valence-corrected chi connectivity index (χ1v) is 7.09. The number of nitrogens with two attached hydrogens (primary N) is 1. The molecule has 0 fully saturated rings. The van der Waals surface area contributed by atoms with Crippen LogP contribution in [-0.4, -0.2) is 28.1 Å². The van der Waals surface area contributed by atoms with Gasteiger partial charge in [-0.05, 0) is 18.9 Å². The number of aromatic nitrogens is 3. The van der Waals surface area contributed by atoms with Gasteiger partial charge in [-0.3, -0.25) is 4.68 Å². The van der Waals surface area contributed by atoms with Crippen LogP contribution in [-0.2, 0) is 13.1 Å². The van der Waals surface area contributed by atoms with Crippen molar-refractivity contribution in [1.29, 1.82) is 0 Å². The number of rotatable bonds is 10. The largest absolute Gasteiger partial charge is 0.329 e. The summed E-state index contributed by atoms with van der Waals surface area (Å²) >= 11 is 0. The maximum atomic E-state index is 5.47. The fourth-order valence-electron chi connectivity index (χ4n) is 2.01. The van der Waals surface area contributed by atoms with Crippen molar-refractivity contribution in [3.63, 3.8) is 0 Å². The molecule has 5 nitrogen and oxygen atoms in total. The molecule has 0 aliphatic heterocycles. The Bertz CT molecular complexity index is 310. The predicted molar refractivity (Wildman–Crippen MR) is 74.1 cm³/mol. The van der Waals surface area contributed by atoms with E-state index in [1.807, 2.05) is 6.20 Å². The molecule has 0 bridgehead atoms. The molecular formula is C13H27N5. The Kier molecular flexibility index (Phi) is 7.60. The zero-order valence-corrected chi connectivity index (χ0v) is 11.7. The molecule has 0 spiro atoms. The van der Waals surface area contributed by atoms with Gasteiger partial charge in [0.25, 0.3) is 0 Å². The van der Waals surface area contributed by atoms with Gasteiger partial charge in [-0.15, -0.1) is 5.10 Å². The van der Waals surface area contributed by atoms with Crippen LogP contribution in [0.4, 0.5) is 0 Å². The van der Waals surface area contributed by atoms with Gasteiger partial charge < -0.3 is 11.1 Å². The van der Waals surface area contributed by atoms with Gasteiger partial charge in [-0.2, -0.15) is 0 Å². The van der Waals surface area contributed by atoms with Crippen molar-refractivity contribution in [2.75, 3.05) is 13.1 Å². The van der Waals surface area contributed by atoms with Crippen molar-refractivity contribution >= 4 is 0 Å². The van der Waals surface area contributed by atoms with Crippen LogP contribution in [0.1, 0.15) is 45.2 Å². The first-order valence-electron chi connectivity index (χ1n) is 7.09. The molecule has 1 aromatic rings. The van der Waals surface area contributed by atoms with E-state index in [4.69, 9.17) is 5.73 Å². The topological polar surface area (TPSA) is 68.8 Å². The number of hydrogen-bond acceptors (Lipinski definition) is 4. The highest BCUT2D eigenvalue weighted by molar-refractivity contribution is 4.91. The van der Waals surface area contributed by atoms with Gasteiger partial charge in [0, 0.05) is 19.3 Å². The predicted octanol–water partition coefficient (Wildman–Crippen LogP) is 1.54. The van der Waals surface area contributed by atoms with Crippen LogP contribution in [0.2, 0.25) is 0 Å². The first-order chi connectivity index (χ1) is 8.80. The van der Waals surface area contributed by atoms with Crippen LogP contribution in [0.3, 0.4) is 0 Å². The van der Waals surface area contributed by atoms with E-state index in [-0.39, 0.29) is 0 Å². The van der Waals surface area contributed by atoms with Crippen LogP contribution in [0.25, 0.3) is 0 Å².